The van der Waals surface area contributed by atoms with Gasteiger partial charge in [0.2, 0.25) is 0 Å². The fourth-order valence-corrected chi connectivity index (χ4v) is 1.82. The minimum absolute atomic E-state index is 0.0351. The van der Waals surface area contributed by atoms with Crippen LogP contribution in [0.5, 0.6) is 5.75 Å². The highest BCUT2D eigenvalue weighted by Crippen LogP contribution is 2.24. The van der Waals surface area contributed by atoms with E-state index in [0.29, 0.717) is 12.5 Å². The molecule has 0 saturated heterocycles. The number of unbranched alkanes of at least 4 members (excludes halogenated alkanes) is 1. The van der Waals surface area contributed by atoms with Crippen molar-refractivity contribution in [3.05, 3.63) is 23.8 Å². The van der Waals surface area contributed by atoms with Crippen LogP contribution >= 0.6 is 0 Å². The molecule has 0 aliphatic carbocycles. The monoisotopic (exact) mass is 294 g/mol. The predicted molar refractivity (Wildman–Crippen MR) is 80.8 cm³/mol. The lowest BCUT2D eigenvalue weighted by molar-refractivity contribution is 0.0696. The van der Waals surface area contributed by atoms with Gasteiger partial charge in [-0.3, -0.25) is 0 Å². The molecular formula is C15H22N2O4. The van der Waals surface area contributed by atoms with Crippen molar-refractivity contribution in [3.63, 3.8) is 0 Å². The number of phenols is 1. The maximum atomic E-state index is 11.6. The van der Waals surface area contributed by atoms with Gasteiger partial charge in [-0.2, -0.15) is 0 Å². The van der Waals surface area contributed by atoms with Crippen molar-refractivity contribution in [2.75, 3.05) is 11.9 Å². The third-order valence-corrected chi connectivity index (χ3v) is 2.99. The molecule has 6 nitrogen and oxygen atoms in total. The van der Waals surface area contributed by atoms with Crippen LogP contribution in [-0.2, 0) is 0 Å². The molecule has 1 aromatic rings. The van der Waals surface area contributed by atoms with Gasteiger partial charge < -0.3 is 20.8 Å². The number of aromatic carboxylic acids is 1. The molecule has 0 fully saturated rings. The number of rotatable bonds is 7. The van der Waals surface area contributed by atoms with Crippen molar-refractivity contribution < 1.29 is 19.8 Å². The topological polar surface area (TPSA) is 98.7 Å². The van der Waals surface area contributed by atoms with Crippen molar-refractivity contribution in [1.29, 1.82) is 0 Å². The summed E-state index contributed by atoms with van der Waals surface area (Å²) in [6, 6.07) is 3.36. The van der Waals surface area contributed by atoms with Gasteiger partial charge >= 0.3 is 12.0 Å². The summed E-state index contributed by atoms with van der Waals surface area (Å²) in [5.41, 5.74) is 0.145. The number of carbonyl (C=O) groups excluding carboxylic acids is 1. The Hall–Kier alpha value is -2.24. The normalized spacial score (nSPS) is 10.4. The average Bonchev–Trinajstić information content (AvgIpc) is 2.40. The SMILES string of the molecule is CC(C)CCCCNC(=O)Nc1ccc(C(=O)O)cc1O. The molecule has 1 rings (SSSR count). The molecule has 0 aliphatic heterocycles. The first kappa shape index (κ1) is 16.8. The molecule has 6 heteroatoms. The highest BCUT2D eigenvalue weighted by Gasteiger charge is 2.09. The number of nitrogens with one attached hydrogen (secondary N) is 2. The summed E-state index contributed by atoms with van der Waals surface area (Å²) in [6.07, 6.45) is 3.08. The molecule has 2 amide bonds. The van der Waals surface area contributed by atoms with E-state index in [2.05, 4.69) is 24.5 Å². The number of hydrogen-bond donors (Lipinski definition) is 4. The molecule has 0 bridgehead atoms. The van der Waals surface area contributed by atoms with Crippen LogP contribution in [-0.4, -0.2) is 28.8 Å². The van der Waals surface area contributed by atoms with Gasteiger partial charge in [0.05, 0.1) is 11.3 Å². The second kappa shape index (κ2) is 8.14. The first-order valence-corrected chi connectivity index (χ1v) is 7.01. The minimum Gasteiger partial charge on any atom is -0.506 e. The fraction of sp³-hybridized carbons (Fsp3) is 0.467. The Labute approximate surface area is 124 Å². The van der Waals surface area contributed by atoms with E-state index < -0.39 is 12.0 Å². The van der Waals surface area contributed by atoms with E-state index in [1.54, 1.807) is 0 Å². The second-order valence-corrected chi connectivity index (χ2v) is 5.31. The molecule has 0 unspecified atom stereocenters. The van der Waals surface area contributed by atoms with Crippen LogP contribution in [0.25, 0.3) is 0 Å². The van der Waals surface area contributed by atoms with E-state index in [0.717, 1.165) is 25.3 Å². The van der Waals surface area contributed by atoms with Gasteiger partial charge in [0, 0.05) is 6.54 Å². The predicted octanol–water partition coefficient (Wildman–Crippen LogP) is 3.04. The zero-order valence-corrected chi connectivity index (χ0v) is 12.3. The van der Waals surface area contributed by atoms with Crippen molar-refractivity contribution in [2.24, 2.45) is 5.92 Å². The number of amides is 2. The van der Waals surface area contributed by atoms with Crippen LogP contribution < -0.4 is 10.6 Å². The number of urea groups is 1. The number of carbonyl (C=O) groups is 2. The molecule has 0 aromatic heterocycles. The van der Waals surface area contributed by atoms with Crippen LogP contribution in [0.4, 0.5) is 10.5 Å². The Morgan fingerprint density at radius 3 is 2.52 bits per heavy atom. The molecule has 116 valence electrons. The number of anilines is 1. The van der Waals surface area contributed by atoms with Crippen LogP contribution in [0.2, 0.25) is 0 Å². The second-order valence-electron chi connectivity index (χ2n) is 5.31. The minimum atomic E-state index is -1.13. The van der Waals surface area contributed by atoms with E-state index in [1.807, 2.05) is 0 Å². The lowest BCUT2D eigenvalue weighted by atomic mass is 10.1. The van der Waals surface area contributed by atoms with Crippen LogP contribution in [0.15, 0.2) is 18.2 Å². The third kappa shape index (κ3) is 6.16. The van der Waals surface area contributed by atoms with E-state index in [9.17, 15) is 14.7 Å². The van der Waals surface area contributed by atoms with Crippen LogP contribution in [0.3, 0.4) is 0 Å². The molecule has 4 N–H and O–H groups in total. The Bertz CT molecular complexity index is 500. The van der Waals surface area contributed by atoms with Gasteiger partial charge in [0.1, 0.15) is 5.75 Å². The number of phenolic OH excluding ortho intramolecular Hbond substituents is 1. The summed E-state index contributed by atoms with van der Waals surface area (Å²) in [7, 11) is 0. The number of hydrogen-bond acceptors (Lipinski definition) is 3. The Morgan fingerprint density at radius 2 is 1.95 bits per heavy atom. The zero-order valence-electron chi connectivity index (χ0n) is 12.3. The number of carboxylic acids is 1. The van der Waals surface area contributed by atoms with Gasteiger partial charge in [0.25, 0.3) is 0 Å². The lowest BCUT2D eigenvalue weighted by Gasteiger charge is -2.10. The number of carboxylic acid groups (broad SMARTS) is 1. The van der Waals surface area contributed by atoms with E-state index in [1.165, 1.54) is 12.1 Å². The first-order chi connectivity index (χ1) is 9.90. The smallest absolute Gasteiger partial charge is 0.335 e. The highest BCUT2D eigenvalue weighted by atomic mass is 16.4. The van der Waals surface area contributed by atoms with Gasteiger partial charge in [-0.05, 0) is 30.5 Å². The first-order valence-electron chi connectivity index (χ1n) is 7.01. The number of aromatic hydroxyl groups is 1. The van der Waals surface area contributed by atoms with Crippen LogP contribution in [0.1, 0.15) is 43.5 Å². The maximum Gasteiger partial charge on any atom is 0.335 e. The Balaban J connectivity index is 2.39. The summed E-state index contributed by atoms with van der Waals surface area (Å²) < 4.78 is 0. The maximum absolute atomic E-state index is 11.6. The van der Waals surface area contributed by atoms with Gasteiger partial charge in [-0.25, -0.2) is 9.59 Å². The fourth-order valence-electron chi connectivity index (χ4n) is 1.82. The van der Waals surface area contributed by atoms with E-state index in [4.69, 9.17) is 5.11 Å². The van der Waals surface area contributed by atoms with Crippen LogP contribution in [0, 0.1) is 5.92 Å². The van der Waals surface area contributed by atoms with Gasteiger partial charge in [-0.1, -0.05) is 26.7 Å². The summed E-state index contributed by atoms with van der Waals surface area (Å²) >= 11 is 0. The third-order valence-electron chi connectivity index (χ3n) is 2.99. The number of benzene rings is 1. The Morgan fingerprint density at radius 1 is 1.24 bits per heavy atom. The zero-order chi connectivity index (χ0) is 15.8. The molecule has 0 radical (unpaired) electrons. The summed E-state index contributed by atoms with van der Waals surface area (Å²) in [5.74, 6) is -0.750. The van der Waals surface area contributed by atoms with Crippen molar-refractivity contribution in [1.82, 2.24) is 5.32 Å². The molecule has 0 saturated carbocycles. The molecule has 0 heterocycles. The molecular weight excluding hydrogens is 272 g/mol. The lowest BCUT2D eigenvalue weighted by Crippen LogP contribution is -2.29. The molecule has 0 aliphatic rings. The highest BCUT2D eigenvalue weighted by molar-refractivity contribution is 5.93. The Kier molecular flexibility index (Phi) is 6.52. The molecule has 21 heavy (non-hydrogen) atoms. The van der Waals surface area contributed by atoms with Gasteiger partial charge in [-0.15, -0.1) is 0 Å². The summed E-state index contributed by atoms with van der Waals surface area (Å²) in [6.45, 7) is 4.87. The largest absolute Gasteiger partial charge is 0.506 e. The molecule has 0 atom stereocenters. The summed E-state index contributed by atoms with van der Waals surface area (Å²) in [5, 5.41) is 23.6. The quantitative estimate of drug-likeness (QED) is 0.459. The van der Waals surface area contributed by atoms with E-state index in [-0.39, 0.29) is 17.0 Å². The van der Waals surface area contributed by atoms with Gasteiger partial charge in [0.15, 0.2) is 0 Å². The summed E-state index contributed by atoms with van der Waals surface area (Å²) in [4.78, 5) is 22.4. The van der Waals surface area contributed by atoms with Crippen molar-refractivity contribution >= 4 is 17.7 Å². The molecule has 1 aromatic carbocycles. The van der Waals surface area contributed by atoms with E-state index >= 15 is 0 Å². The van der Waals surface area contributed by atoms with Crippen molar-refractivity contribution in [3.8, 4) is 5.75 Å². The standard InChI is InChI=1S/C15H22N2O4/c1-10(2)5-3-4-8-16-15(21)17-12-7-6-11(14(19)20)9-13(12)18/h6-7,9-10,18H,3-5,8H2,1-2H3,(H,19,20)(H2,16,17,21). The average molecular weight is 294 g/mol. The molecule has 0 spiro atoms. The van der Waals surface area contributed by atoms with Crippen molar-refractivity contribution in [2.45, 2.75) is 33.1 Å².